The molecule has 0 radical (unpaired) electrons. The average Bonchev–Trinajstić information content (AvgIpc) is 2.84. The molecule has 0 aliphatic carbocycles. The van der Waals surface area contributed by atoms with Crippen LogP contribution in [0.4, 0.5) is 0 Å². The van der Waals surface area contributed by atoms with E-state index in [9.17, 15) is 4.79 Å². The Morgan fingerprint density at radius 3 is 3.05 bits per heavy atom. The molecule has 2 rings (SSSR count). The summed E-state index contributed by atoms with van der Waals surface area (Å²) in [5, 5.41) is 8.07. The molecule has 2 N–H and O–H groups in total. The van der Waals surface area contributed by atoms with Crippen molar-refractivity contribution in [1.29, 1.82) is 0 Å². The van der Waals surface area contributed by atoms with Gasteiger partial charge in [-0.1, -0.05) is 13.3 Å². The Hall–Kier alpha value is -1.43. The molecule has 1 aliphatic heterocycles. The zero-order valence-electron chi connectivity index (χ0n) is 11.7. The fraction of sp³-hybridized carbons (Fsp3) is 0.769. The zero-order valence-corrected chi connectivity index (χ0v) is 11.7. The van der Waals surface area contributed by atoms with Crippen molar-refractivity contribution >= 4 is 5.91 Å². The van der Waals surface area contributed by atoms with E-state index >= 15 is 0 Å². The summed E-state index contributed by atoms with van der Waals surface area (Å²) in [6.45, 7) is 3.57. The van der Waals surface area contributed by atoms with Crippen molar-refractivity contribution in [2.45, 2.75) is 44.6 Å². The number of carbonyl (C=O) groups is 1. The Bertz CT molecular complexity index is 430. The van der Waals surface area contributed by atoms with E-state index in [0.717, 1.165) is 38.1 Å². The maximum Gasteiger partial charge on any atom is 0.239 e. The predicted octanol–water partition coefficient (Wildman–Crippen LogP) is 0.648. The number of nitrogens with two attached hydrogens (primary N) is 1. The molecule has 2 atom stereocenters. The van der Waals surface area contributed by atoms with Gasteiger partial charge in [-0.05, 0) is 19.3 Å². The van der Waals surface area contributed by atoms with Crippen LogP contribution in [0.5, 0.6) is 0 Å². The first-order valence-corrected chi connectivity index (χ1v) is 7.01. The summed E-state index contributed by atoms with van der Waals surface area (Å²) in [5.74, 6) is 1.31. The molecule has 19 heavy (non-hydrogen) atoms. The normalized spacial score (nSPS) is 21.4. The van der Waals surface area contributed by atoms with Gasteiger partial charge >= 0.3 is 0 Å². The van der Waals surface area contributed by atoms with Gasteiger partial charge in [-0.25, -0.2) is 0 Å². The zero-order chi connectivity index (χ0) is 13.8. The summed E-state index contributed by atoms with van der Waals surface area (Å²) in [5.41, 5.74) is 5.93. The highest BCUT2D eigenvalue weighted by Crippen LogP contribution is 2.25. The molecule has 1 amide bonds. The summed E-state index contributed by atoms with van der Waals surface area (Å²) < 4.78 is 1.94. The molecule has 2 unspecified atom stereocenters. The minimum absolute atomic E-state index is 0.0775. The lowest BCUT2D eigenvalue weighted by atomic mass is 9.96. The average molecular weight is 265 g/mol. The second kappa shape index (κ2) is 6.14. The van der Waals surface area contributed by atoms with Crippen molar-refractivity contribution in [3.05, 3.63) is 12.2 Å². The molecule has 6 heteroatoms. The minimum Gasteiger partial charge on any atom is -0.341 e. The number of hydrogen-bond donors (Lipinski definition) is 1. The third-order valence-corrected chi connectivity index (χ3v) is 3.76. The summed E-state index contributed by atoms with van der Waals surface area (Å²) >= 11 is 0. The van der Waals surface area contributed by atoms with Gasteiger partial charge < -0.3 is 15.2 Å². The fourth-order valence-corrected chi connectivity index (χ4v) is 2.72. The monoisotopic (exact) mass is 265 g/mol. The van der Waals surface area contributed by atoms with E-state index in [1.54, 1.807) is 6.33 Å². The summed E-state index contributed by atoms with van der Waals surface area (Å²) in [6, 6.07) is -0.358. The number of amides is 1. The second-order valence-corrected chi connectivity index (χ2v) is 5.32. The first-order valence-electron chi connectivity index (χ1n) is 7.01. The van der Waals surface area contributed by atoms with E-state index in [1.165, 1.54) is 0 Å². The van der Waals surface area contributed by atoms with E-state index in [4.69, 9.17) is 5.73 Å². The van der Waals surface area contributed by atoms with E-state index < -0.39 is 0 Å². The van der Waals surface area contributed by atoms with Crippen LogP contribution < -0.4 is 5.73 Å². The highest BCUT2D eigenvalue weighted by atomic mass is 16.2. The standard InChI is InChI=1S/C13H23N5O/c1-3-5-11(14)13(19)18-7-4-6-10(8-18)12-16-15-9-17(12)2/h9-11H,3-8,14H2,1-2H3. The van der Waals surface area contributed by atoms with Crippen molar-refractivity contribution in [1.82, 2.24) is 19.7 Å². The van der Waals surface area contributed by atoms with Gasteiger partial charge in [0.05, 0.1) is 6.04 Å². The van der Waals surface area contributed by atoms with Crippen LogP contribution in [0, 0.1) is 0 Å². The number of likely N-dealkylation sites (tertiary alicyclic amines) is 1. The Labute approximate surface area is 114 Å². The van der Waals surface area contributed by atoms with Crippen LogP contribution in [-0.2, 0) is 11.8 Å². The van der Waals surface area contributed by atoms with E-state index in [0.29, 0.717) is 6.54 Å². The number of carbonyl (C=O) groups excluding carboxylic acids is 1. The topological polar surface area (TPSA) is 77.0 Å². The Balaban J connectivity index is 2.01. The van der Waals surface area contributed by atoms with Crippen LogP contribution in [0.3, 0.4) is 0 Å². The number of hydrogen-bond acceptors (Lipinski definition) is 4. The van der Waals surface area contributed by atoms with Crippen molar-refractivity contribution in [2.24, 2.45) is 12.8 Å². The van der Waals surface area contributed by atoms with E-state index in [2.05, 4.69) is 10.2 Å². The Morgan fingerprint density at radius 2 is 2.42 bits per heavy atom. The predicted molar refractivity (Wildman–Crippen MR) is 72.4 cm³/mol. The lowest BCUT2D eigenvalue weighted by molar-refractivity contribution is -0.134. The molecule has 1 saturated heterocycles. The van der Waals surface area contributed by atoms with Gasteiger partial charge in [-0.2, -0.15) is 0 Å². The second-order valence-electron chi connectivity index (χ2n) is 5.32. The lowest BCUT2D eigenvalue weighted by Gasteiger charge is -2.33. The van der Waals surface area contributed by atoms with Gasteiger partial charge in [-0.15, -0.1) is 10.2 Å². The lowest BCUT2D eigenvalue weighted by Crippen LogP contribution is -2.47. The van der Waals surface area contributed by atoms with Crippen LogP contribution in [0.25, 0.3) is 0 Å². The van der Waals surface area contributed by atoms with Crippen LogP contribution in [0.15, 0.2) is 6.33 Å². The molecule has 1 fully saturated rings. The van der Waals surface area contributed by atoms with Crippen LogP contribution in [0.1, 0.15) is 44.3 Å². The maximum atomic E-state index is 12.2. The van der Waals surface area contributed by atoms with Crippen molar-refractivity contribution in [3.8, 4) is 0 Å². The Morgan fingerprint density at radius 1 is 1.63 bits per heavy atom. The molecule has 1 aliphatic rings. The molecule has 1 aromatic heterocycles. The summed E-state index contributed by atoms with van der Waals surface area (Å²) in [7, 11) is 1.94. The summed E-state index contributed by atoms with van der Waals surface area (Å²) in [6.07, 6.45) is 5.46. The highest BCUT2D eigenvalue weighted by Gasteiger charge is 2.29. The third kappa shape index (κ3) is 3.12. The van der Waals surface area contributed by atoms with Crippen molar-refractivity contribution in [3.63, 3.8) is 0 Å². The van der Waals surface area contributed by atoms with E-state index in [-0.39, 0.29) is 17.9 Å². The molecule has 0 saturated carbocycles. The highest BCUT2D eigenvalue weighted by molar-refractivity contribution is 5.81. The van der Waals surface area contributed by atoms with Gasteiger partial charge in [0.25, 0.3) is 0 Å². The first-order chi connectivity index (χ1) is 9.13. The van der Waals surface area contributed by atoms with Crippen molar-refractivity contribution < 1.29 is 4.79 Å². The first kappa shape index (κ1) is 14.0. The molecule has 1 aromatic rings. The molecular weight excluding hydrogens is 242 g/mol. The third-order valence-electron chi connectivity index (χ3n) is 3.76. The van der Waals surface area contributed by atoms with Gasteiger partial charge in [0.1, 0.15) is 12.2 Å². The fourth-order valence-electron chi connectivity index (χ4n) is 2.72. The number of rotatable bonds is 4. The smallest absolute Gasteiger partial charge is 0.239 e. The van der Waals surface area contributed by atoms with Crippen LogP contribution in [0.2, 0.25) is 0 Å². The quantitative estimate of drug-likeness (QED) is 0.867. The SMILES string of the molecule is CCCC(N)C(=O)N1CCCC(c2nncn2C)C1. The molecular formula is C13H23N5O. The summed E-state index contributed by atoms with van der Waals surface area (Å²) in [4.78, 5) is 14.1. The minimum atomic E-state index is -0.358. The van der Waals surface area contributed by atoms with E-state index in [1.807, 2.05) is 23.4 Å². The molecule has 0 bridgehead atoms. The van der Waals surface area contributed by atoms with Crippen LogP contribution >= 0.6 is 0 Å². The number of piperidine rings is 1. The van der Waals surface area contributed by atoms with Crippen molar-refractivity contribution in [2.75, 3.05) is 13.1 Å². The van der Waals surface area contributed by atoms with Crippen LogP contribution in [-0.4, -0.2) is 44.7 Å². The van der Waals surface area contributed by atoms with Gasteiger partial charge in [-0.3, -0.25) is 4.79 Å². The molecule has 0 aromatic carbocycles. The van der Waals surface area contributed by atoms with Gasteiger partial charge in [0.15, 0.2) is 0 Å². The number of aryl methyl sites for hydroxylation is 1. The Kier molecular flexibility index (Phi) is 4.52. The molecule has 2 heterocycles. The molecule has 0 spiro atoms. The molecule has 106 valence electrons. The number of aromatic nitrogens is 3. The number of nitrogens with zero attached hydrogens (tertiary/aromatic N) is 4. The van der Waals surface area contributed by atoms with Gasteiger partial charge in [0.2, 0.25) is 5.91 Å². The largest absolute Gasteiger partial charge is 0.341 e. The molecule has 6 nitrogen and oxygen atoms in total. The maximum absolute atomic E-state index is 12.2. The van der Waals surface area contributed by atoms with Gasteiger partial charge in [0, 0.05) is 26.1 Å².